The monoisotopic (exact) mass is 169 g/mol. The highest BCUT2D eigenvalue weighted by Gasteiger charge is 2.10. The molecule has 1 rings (SSSR count). The van der Waals surface area contributed by atoms with E-state index < -0.39 is 5.82 Å². The van der Waals surface area contributed by atoms with Crippen LogP contribution in [0.2, 0.25) is 0 Å². The number of methoxy groups -OCH3 is 1. The third kappa shape index (κ3) is 1.23. The first kappa shape index (κ1) is 8.52. The number of carbonyl (C=O) groups excluding carboxylic acids is 1. The number of anilines is 1. The molecular weight excluding hydrogens is 161 g/mol. The predicted molar refractivity (Wildman–Crippen MR) is 42.8 cm³/mol. The quantitative estimate of drug-likeness (QED) is 0.535. The zero-order chi connectivity index (χ0) is 9.14. The van der Waals surface area contributed by atoms with E-state index in [2.05, 4.69) is 4.74 Å². The first-order valence-corrected chi connectivity index (χ1v) is 3.28. The average molecular weight is 169 g/mol. The van der Waals surface area contributed by atoms with Gasteiger partial charge in [-0.1, -0.05) is 0 Å². The van der Waals surface area contributed by atoms with Gasteiger partial charge in [0.1, 0.15) is 0 Å². The molecule has 64 valence electrons. The molecule has 0 heterocycles. The number of rotatable bonds is 2. The summed E-state index contributed by atoms with van der Waals surface area (Å²) >= 11 is 0. The zero-order valence-electron chi connectivity index (χ0n) is 6.50. The number of hydrogen-bond donors (Lipinski definition) is 1. The molecule has 0 spiro atoms. The van der Waals surface area contributed by atoms with Crippen LogP contribution in [0.25, 0.3) is 0 Å². The van der Waals surface area contributed by atoms with Gasteiger partial charge in [-0.15, -0.1) is 0 Å². The lowest BCUT2D eigenvalue weighted by atomic mass is 10.2. The van der Waals surface area contributed by atoms with E-state index in [0.29, 0.717) is 6.29 Å². The van der Waals surface area contributed by atoms with E-state index in [1.165, 1.54) is 19.2 Å². The molecular formula is C8H8FNO2. The smallest absolute Gasteiger partial charge is 0.177 e. The van der Waals surface area contributed by atoms with Crippen molar-refractivity contribution in [2.24, 2.45) is 0 Å². The Morgan fingerprint density at radius 3 is 2.75 bits per heavy atom. The summed E-state index contributed by atoms with van der Waals surface area (Å²) < 4.78 is 17.8. The molecule has 0 aromatic heterocycles. The maximum Gasteiger partial charge on any atom is 0.177 e. The summed E-state index contributed by atoms with van der Waals surface area (Å²) in [5.41, 5.74) is 5.28. The third-order valence-electron chi connectivity index (χ3n) is 1.52. The number of ether oxygens (including phenoxy) is 1. The molecule has 4 heteroatoms. The Bertz CT molecular complexity index is 312. The molecule has 0 unspecified atom stereocenters. The highest BCUT2D eigenvalue weighted by molar-refractivity contribution is 5.84. The number of nitrogens with two attached hydrogens (primary N) is 1. The third-order valence-corrected chi connectivity index (χ3v) is 1.52. The van der Waals surface area contributed by atoms with Crippen LogP contribution in [0, 0.1) is 5.82 Å². The summed E-state index contributed by atoms with van der Waals surface area (Å²) in [6.45, 7) is 0. The van der Waals surface area contributed by atoms with Crippen LogP contribution in [0.15, 0.2) is 12.1 Å². The Morgan fingerprint density at radius 1 is 1.58 bits per heavy atom. The van der Waals surface area contributed by atoms with Gasteiger partial charge in [-0.25, -0.2) is 4.39 Å². The van der Waals surface area contributed by atoms with Gasteiger partial charge >= 0.3 is 0 Å². The van der Waals surface area contributed by atoms with Gasteiger partial charge in [0.2, 0.25) is 0 Å². The van der Waals surface area contributed by atoms with Gasteiger partial charge in [-0.3, -0.25) is 4.79 Å². The van der Waals surface area contributed by atoms with Crippen molar-refractivity contribution in [3.63, 3.8) is 0 Å². The second-order valence-electron chi connectivity index (χ2n) is 2.20. The predicted octanol–water partition coefficient (Wildman–Crippen LogP) is 1.23. The lowest BCUT2D eigenvalue weighted by Crippen LogP contribution is -1.99. The topological polar surface area (TPSA) is 52.3 Å². The summed E-state index contributed by atoms with van der Waals surface area (Å²) in [5.74, 6) is -0.696. The van der Waals surface area contributed by atoms with Gasteiger partial charge in [0.15, 0.2) is 17.9 Å². The van der Waals surface area contributed by atoms with Crippen LogP contribution in [-0.4, -0.2) is 13.4 Å². The number of nitrogen functional groups attached to an aromatic ring is 1. The van der Waals surface area contributed by atoms with Gasteiger partial charge < -0.3 is 10.5 Å². The molecule has 0 radical (unpaired) electrons. The highest BCUT2D eigenvalue weighted by Crippen LogP contribution is 2.23. The van der Waals surface area contributed by atoms with Crippen molar-refractivity contribution in [3.05, 3.63) is 23.5 Å². The largest absolute Gasteiger partial charge is 0.494 e. The summed E-state index contributed by atoms with van der Waals surface area (Å²) in [6, 6.07) is 2.79. The van der Waals surface area contributed by atoms with Gasteiger partial charge in [0, 0.05) is 5.69 Å². The lowest BCUT2D eigenvalue weighted by Gasteiger charge is -2.04. The van der Waals surface area contributed by atoms with Gasteiger partial charge in [-0.05, 0) is 12.1 Å². The number of halogens is 1. The standard InChI is InChI=1S/C8H8FNO2/c1-12-7-3-2-6(10)5(4-11)8(7)9/h2-4H,10H2,1H3. The molecule has 0 fully saturated rings. The minimum absolute atomic E-state index is 0.0197. The van der Waals surface area contributed by atoms with Crippen LogP contribution < -0.4 is 10.5 Å². The Labute approximate surface area is 68.9 Å². The SMILES string of the molecule is COc1ccc(N)c(C=O)c1F. The molecule has 0 saturated carbocycles. The summed E-state index contributed by atoms with van der Waals surface area (Å²) in [7, 11) is 1.32. The minimum Gasteiger partial charge on any atom is -0.494 e. The number of hydrogen-bond acceptors (Lipinski definition) is 3. The van der Waals surface area contributed by atoms with Gasteiger partial charge in [0.25, 0.3) is 0 Å². The zero-order valence-corrected chi connectivity index (χ0v) is 6.50. The molecule has 0 aliphatic carbocycles. The summed E-state index contributed by atoms with van der Waals surface area (Å²) in [5, 5.41) is 0. The van der Waals surface area contributed by atoms with Crippen LogP contribution in [0.1, 0.15) is 10.4 Å². The fraction of sp³-hybridized carbons (Fsp3) is 0.125. The maximum absolute atomic E-state index is 13.1. The average Bonchev–Trinajstić information content (AvgIpc) is 2.06. The maximum atomic E-state index is 13.1. The van der Waals surface area contributed by atoms with E-state index in [1.54, 1.807) is 0 Å². The highest BCUT2D eigenvalue weighted by atomic mass is 19.1. The van der Waals surface area contributed by atoms with Crippen molar-refractivity contribution in [1.29, 1.82) is 0 Å². The Hall–Kier alpha value is -1.58. The normalized spacial score (nSPS) is 9.50. The number of carbonyl (C=O) groups is 1. The van der Waals surface area contributed by atoms with Crippen molar-refractivity contribution >= 4 is 12.0 Å². The van der Waals surface area contributed by atoms with Crippen LogP contribution in [-0.2, 0) is 0 Å². The Morgan fingerprint density at radius 2 is 2.25 bits per heavy atom. The molecule has 1 aromatic carbocycles. The van der Waals surface area contributed by atoms with Crippen molar-refractivity contribution in [3.8, 4) is 5.75 Å². The molecule has 3 nitrogen and oxygen atoms in total. The lowest BCUT2D eigenvalue weighted by molar-refractivity contribution is 0.112. The van der Waals surface area contributed by atoms with E-state index in [0.717, 1.165) is 0 Å². The van der Waals surface area contributed by atoms with Crippen LogP contribution in [0.3, 0.4) is 0 Å². The van der Waals surface area contributed by atoms with E-state index >= 15 is 0 Å². The van der Waals surface area contributed by atoms with Gasteiger partial charge in [-0.2, -0.15) is 0 Å². The van der Waals surface area contributed by atoms with Crippen molar-refractivity contribution < 1.29 is 13.9 Å². The first-order valence-electron chi connectivity index (χ1n) is 3.28. The van der Waals surface area contributed by atoms with Crippen LogP contribution in [0.4, 0.5) is 10.1 Å². The number of aldehydes is 1. The van der Waals surface area contributed by atoms with Crippen molar-refractivity contribution in [2.45, 2.75) is 0 Å². The van der Waals surface area contributed by atoms with Crippen LogP contribution in [0.5, 0.6) is 5.75 Å². The fourth-order valence-electron chi connectivity index (χ4n) is 0.865. The first-order chi connectivity index (χ1) is 5.70. The van der Waals surface area contributed by atoms with Crippen LogP contribution >= 0.6 is 0 Å². The molecule has 0 bridgehead atoms. The molecule has 2 N–H and O–H groups in total. The molecule has 0 amide bonds. The molecule has 12 heavy (non-hydrogen) atoms. The van der Waals surface area contributed by atoms with E-state index in [1.807, 2.05) is 0 Å². The summed E-state index contributed by atoms with van der Waals surface area (Å²) in [4.78, 5) is 10.3. The molecule has 1 aromatic rings. The molecule has 0 aliphatic rings. The number of benzene rings is 1. The molecule has 0 saturated heterocycles. The van der Waals surface area contributed by atoms with E-state index in [9.17, 15) is 9.18 Å². The minimum atomic E-state index is -0.715. The Kier molecular flexibility index (Phi) is 2.28. The Balaban J connectivity index is 3.33. The second-order valence-corrected chi connectivity index (χ2v) is 2.20. The molecule has 0 aliphatic heterocycles. The summed E-state index contributed by atoms with van der Waals surface area (Å²) in [6.07, 6.45) is 0.368. The van der Waals surface area contributed by atoms with E-state index in [-0.39, 0.29) is 17.0 Å². The van der Waals surface area contributed by atoms with Crippen molar-refractivity contribution in [2.75, 3.05) is 12.8 Å². The second kappa shape index (κ2) is 3.21. The fourth-order valence-corrected chi connectivity index (χ4v) is 0.865. The van der Waals surface area contributed by atoms with Crippen molar-refractivity contribution in [1.82, 2.24) is 0 Å². The molecule has 0 atom stereocenters. The van der Waals surface area contributed by atoms with Gasteiger partial charge in [0.05, 0.1) is 12.7 Å². The van der Waals surface area contributed by atoms with E-state index in [4.69, 9.17) is 5.73 Å².